The number of nitrogens with zero attached hydrogens (tertiary/aromatic N) is 1. The van der Waals surface area contributed by atoms with Crippen molar-refractivity contribution in [2.24, 2.45) is 5.73 Å². The van der Waals surface area contributed by atoms with E-state index in [1.54, 1.807) is 11.9 Å². The van der Waals surface area contributed by atoms with E-state index >= 15 is 0 Å². The van der Waals surface area contributed by atoms with Gasteiger partial charge >= 0.3 is 0 Å². The Morgan fingerprint density at radius 3 is 2.20 bits per heavy atom. The van der Waals surface area contributed by atoms with Crippen LogP contribution in [0.25, 0.3) is 0 Å². The average molecular weight is 218 g/mol. The minimum atomic E-state index is -1.43. The molecule has 0 saturated heterocycles. The summed E-state index contributed by atoms with van der Waals surface area (Å²) in [6, 6.07) is 1.98. The van der Waals surface area contributed by atoms with Crippen LogP contribution in [-0.2, 0) is 6.54 Å². The molecule has 0 amide bonds. The van der Waals surface area contributed by atoms with Gasteiger partial charge in [0, 0.05) is 19.6 Å². The summed E-state index contributed by atoms with van der Waals surface area (Å²) in [4.78, 5) is 1.80. The third-order valence-electron chi connectivity index (χ3n) is 2.01. The average Bonchev–Trinajstić information content (AvgIpc) is 2.14. The number of hydrogen-bond donors (Lipinski definition) is 1. The molecule has 15 heavy (non-hydrogen) atoms. The molecule has 2 N–H and O–H groups in total. The van der Waals surface area contributed by atoms with Crippen LogP contribution in [0.2, 0.25) is 0 Å². The van der Waals surface area contributed by atoms with Gasteiger partial charge in [-0.15, -0.1) is 0 Å². The summed E-state index contributed by atoms with van der Waals surface area (Å²) in [7, 11) is 1.77. The molecule has 0 aromatic heterocycles. The molecule has 0 aliphatic carbocycles. The minimum Gasteiger partial charge on any atom is -0.329 e. The molecule has 2 nitrogen and oxygen atoms in total. The number of rotatable bonds is 4. The standard InChI is InChI=1S/C10H13F3N2/c1-15(3-2-14)6-7-4-8(11)10(13)9(12)5-7/h4-5H,2-3,6,14H2,1H3. The van der Waals surface area contributed by atoms with Gasteiger partial charge in [-0.05, 0) is 24.7 Å². The number of benzene rings is 1. The van der Waals surface area contributed by atoms with E-state index in [0.29, 0.717) is 25.2 Å². The van der Waals surface area contributed by atoms with Crippen LogP contribution >= 0.6 is 0 Å². The Hall–Kier alpha value is -1.07. The molecule has 0 bridgehead atoms. The lowest BCUT2D eigenvalue weighted by molar-refractivity contribution is 0.333. The Labute approximate surface area is 86.5 Å². The van der Waals surface area contributed by atoms with Gasteiger partial charge in [0.1, 0.15) is 0 Å². The largest absolute Gasteiger partial charge is 0.329 e. The summed E-state index contributed by atoms with van der Waals surface area (Å²) in [5.74, 6) is -3.75. The fourth-order valence-corrected chi connectivity index (χ4v) is 1.31. The van der Waals surface area contributed by atoms with Gasteiger partial charge < -0.3 is 10.6 Å². The highest BCUT2D eigenvalue weighted by atomic mass is 19.2. The van der Waals surface area contributed by atoms with Gasteiger partial charge in [0.15, 0.2) is 17.5 Å². The molecule has 0 heterocycles. The predicted octanol–water partition coefficient (Wildman–Crippen LogP) is 1.49. The molecule has 5 heteroatoms. The highest BCUT2D eigenvalue weighted by molar-refractivity contribution is 5.19. The third kappa shape index (κ3) is 3.21. The van der Waals surface area contributed by atoms with E-state index in [9.17, 15) is 13.2 Å². The van der Waals surface area contributed by atoms with Gasteiger partial charge in [-0.25, -0.2) is 13.2 Å². The molecule has 0 spiro atoms. The minimum absolute atomic E-state index is 0.339. The van der Waals surface area contributed by atoms with Crippen molar-refractivity contribution in [3.05, 3.63) is 35.1 Å². The number of nitrogens with two attached hydrogens (primary N) is 1. The van der Waals surface area contributed by atoms with Crippen LogP contribution in [0.15, 0.2) is 12.1 Å². The molecule has 1 aromatic carbocycles. The fourth-order valence-electron chi connectivity index (χ4n) is 1.31. The Morgan fingerprint density at radius 1 is 1.20 bits per heavy atom. The topological polar surface area (TPSA) is 29.3 Å². The lowest BCUT2D eigenvalue weighted by Crippen LogP contribution is -2.25. The highest BCUT2D eigenvalue weighted by Crippen LogP contribution is 2.14. The van der Waals surface area contributed by atoms with Gasteiger partial charge in [-0.1, -0.05) is 0 Å². The number of halogens is 3. The molecule has 0 aliphatic heterocycles. The number of hydrogen-bond acceptors (Lipinski definition) is 2. The third-order valence-corrected chi connectivity index (χ3v) is 2.01. The summed E-state index contributed by atoms with van der Waals surface area (Å²) in [6.07, 6.45) is 0. The van der Waals surface area contributed by atoms with Crippen LogP contribution in [0.4, 0.5) is 13.2 Å². The van der Waals surface area contributed by atoms with Crippen molar-refractivity contribution in [3.63, 3.8) is 0 Å². The van der Waals surface area contributed by atoms with Gasteiger partial charge in [0.05, 0.1) is 0 Å². The van der Waals surface area contributed by atoms with E-state index in [2.05, 4.69) is 0 Å². The zero-order valence-electron chi connectivity index (χ0n) is 8.43. The SMILES string of the molecule is CN(CCN)Cc1cc(F)c(F)c(F)c1. The normalized spacial score (nSPS) is 11.1. The van der Waals surface area contributed by atoms with Gasteiger partial charge in [-0.2, -0.15) is 0 Å². The van der Waals surface area contributed by atoms with Crippen molar-refractivity contribution in [2.45, 2.75) is 6.54 Å². The van der Waals surface area contributed by atoms with Crippen molar-refractivity contribution in [3.8, 4) is 0 Å². The molecule has 0 fully saturated rings. The van der Waals surface area contributed by atoms with Gasteiger partial charge in [0.2, 0.25) is 0 Å². The van der Waals surface area contributed by atoms with E-state index in [-0.39, 0.29) is 0 Å². The van der Waals surface area contributed by atoms with E-state index in [1.165, 1.54) is 0 Å². The summed E-state index contributed by atoms with van der Waals surface area (Å²) >= 11 is 0. The van der Waals surface area contributed by atoms with Crippen molar-refractivity contribution >= 4 is 0 Å². The second kappa shape index (κ2) is 5.14. The Kier molecular flexibility index (Phi) is 4.11. The number of likely N-dealkylation sites (N-methyl/N-ethyl adjacent to an activating group) is 1. The first-order chi connectivity index (χ1) is 7.04. The Balaban J connectivity index is 2.78. The lowest BCUT2D eigenvalue weighted by Gasteiger charge is -2.15. The molecule has 1 rings (SSSR count). The molecular weight excluding hydrogens is 205 g/mol. The van der Waals surface area contributed by atoms with Crippen molar-refractivity contribution < 1.29 is 13.2 Å². The van der Waals surface area contributed by atoms with Crippen LogP contribution in [-0.4, -0.2) is 25.0 Å². The van der Waals surface area contributed by atoms with Crippen molar-refractivity contribution in [1.29, 1.82) is 0 Å². The van der Waals surface area contributed by atoms with Crippen molar-refractivity contribution in [1.82, 2.24) is 4.90 Å². The molecule has 0 aliphatic rings. The van der Waals surface area contributed by atoms with Crippen LogP contribution in [0.5, 0.6) is 0 Å². The predicted molar refractivity (Wildman–Crippen MR) is 51.7 cm³/mol. The Morgan fingerprint density at radius 2 is 1.73 bits per heavy atom. The van der Waals surface area contributed by atoms with Gasteiger partial charge in [0.25, 0.3) is 0 Å². The second-order valence-corrected chi connectivity index (χ2v) is 3.40. The van der Waals surface area contributed by atoms with E-state index in [1.807, 2.05) is 0 Å². The summed E-state index contributed by atoms with van der Waals surface area (Å²) in [5, 5.41) is 0. The summed E-state index contributed by atoms with van der Waals surface area (Å²) < 4.78 is 38.2. The maximum Gasteiger partial charge on any atom is 0.194 e. The Bertz CT molecular complexity index is 318. The summed E-state index contributed by atoms with van der Waals surface area (Å²) in [6.45, 7) is 1.41. The van der Waals surface area contributed by atoms with Crippen LogP contribution < -0.4 is 5.73 Å². The van der Waals surface area contributed by atoms with E-state index < -0.39 is 17.5 Å². The van der Waals surface area contributed by atoms with E-state index in [0.717, 1.165) is 12.1 Å². The zero-order valence-corrected chi connectivity index (χ0v) is 8.43. The second-order valence-electron chi connectivity index (χ2n) is 3.40. The van der Waals surface area contributed by atoms with E-state index in [4.69, 9.17) is 5.73 Å². The van der Waals surface area contributed by atoms with Crippen LogP contribution in [0.3, 0.4) is 0 Å². The monoisotopic (exact) mass is 218 g/mol. The molecule has 0 saturated carbocycles. The molecule has 1 aromatic rings. The molecule has 0 unspecified atom stereocenters. The van der Waals surface area contributed by atoms with Gasteiger partial charge in [-0.3, -0.25) is 0 Å². The first kappa shape index (κ1) is 12.0. The van der Waals surface area contributed by atoms with Crippen molar-refractivity contribution in [2.75, 3.05) is 20.1 Å². The maximum atomic E-state index is 12.8. The fraction of sp³-hybridized carbons (Fsp3) is 0.400. The molecule has 0 atom stereocenters. The van der Waals surface area contributed by atoms with Crippen LogP contribution in [0.1, 0.15) is 5.56 Å². The summed E-state index contributed by atoms with van der Waals surface area (Å²) in [5.41, 5.74) is 5.71. The molecule has 0 radical (unpaired) electrons. The first-order valence-corrected chi connectivity index (χ1v) is 4.56. The first-order valence-electron chi connectivity index (χ1n) is 4.56. The molecule has 84 valence electrons. The highest BCUT2D eigenvalue weighted by Gasteiger charge is 2.11. The molecular formula is C10H13F3N2. The quantitative estimate of drug-likeness (QED) is 0.776. The maximum absolute atomic E-state index is 12.8. The zero-order chi connectivity index (χ0) is 11.4. The smallest absolute Gasteiger partial charge is 0.194 e. The van der Waals surface area contributed by atoms with Crippen LogP contribution in [0, 0.1) is 17.5 Å². The lowest BCUT2D eigenvalue weighted by atomic mass is 10.2.